The van der Waals surface area contributed by atoms with Crippen LogP contribution in [0.15, 0.2) is 24.3 Å². The lowest BCUT2D eigenvalue weighted by Gasteiger charge is -2.17. The summed E-state index contributed by atoms with van der Waals surface area (Å²) in [5.74, 6) is 1.65. The van der Waals surface area contributed by atoms with Crippen molar-refractivity contribution >= 4 is 11.7 Å². The molecule has 15 heavy (non-hydrogen) atoms. The molecular weight excluding hydrogens is 190 g/mol. The van der Waals surface area contributed by atoms with E-state index in [0.29, 0.717) is 12.0 Å². The molecule has 0 radical (unpaired) electrons. The smallest absolute Gasteiger partial charge is 0.335 e. The first-order valence-electron chi connectivity index (χ1n) is 4.63. The summed E-state index contributed by atoms with van der Waals surface area (Å²) in [6, 6.07) is 6.73. The van der Waals surface area contributed by atoms with Gasteiger partial charge in [0.1, 0.15) is 0 Å². The van der Waals surface area contributed by atoms with E-state index in [4.69, 9.17) is 11.5 Å². The van der Waals surface area contributed by atoms with Gasteiger partial charge in [0.25, 0.3) is 0 Å². The molecule has 78 valence electrons. The van der Waals surface area contributed by atoms with Crippen molar-refractivity contribution in [1.29, 1.82) is 0 Å². The van der Waals surface area contributed by atoms with Gasteiger partial charge in [-0.25, -0.2) is 4.79 Å². The minimum atomic E-state index is -0.909. The second-order valence-electron chi connectivity index (χ2n) is 3.23. The summed E-state index contributed by atoms with van der Waals surface area (Å²) in [5, 5.41) is 8.72. The second kappa shape index (κ2) is 5.06. The number of carboxylic acids is 1. The van der Waals surface area contributed by atoms with E-state index in [0.717, 1.165) is 12.2 Å². The van der Waals surface area contributed by atoms with Gasteiger partial charge in [0, 0.05) is 25.7 Å². The Bertz CT molecular complexity index is 376. The summed E-state index contributed by atoms with van der Waals surface area (Å²) in [6.07, 6.45) is 5.84. The van der Waals surface area contributed by atoms with E-state index in [1.807, 2.05) is 11.9 Å². The van der Waals surface area contributed by atoms with Crippen molar-refractivity contribution in [3.8, 4) is 12.3 Å². The first kappa shape index (κ1) is 11.1. The Morgan fingerprint density at radius 2 is 2.07 bits per heavy atom. The molecule has 3 heteroatoms. The number of hydrogen-bond donors (Lipinski definition) is 1. The van der Waals surface area contributed by atoms with E-state index in [-0.39, 0.29) is 0 Å². The molecule has 3 nitrogen and oxygen atoms in total. The Hall–Kier alpha value is -1.95. The molecule has 0 unspecified atom stereocenters. The highest BCUT2D eigenvalue weighted by atomic mass is 16.4. The van der Waals surface area contributed by atoms with Crippen molar-refractivity contribution < 1.29 is 9.90 Å². The van der Waals surface area contributed by atoms with Crippen LogP contribution in [0.4, 0.5) is 5.69 Å². The molecule has 0 bridgehead atoms. The van der Waals surface area contributed by atoms with Gasteiger partial charge in [-0.2, -0.15) is 0 Å². The molecule has 0 aliphatic heterocycles. The molecule has 0 saturated carbocycles. The number of nitrogens with zero attached hydrogens (tertiary/aromatic N) is 1. The molecule has 0 saturated heterocycles. The molecule has 0 heterocycles. The molecular formula is C12H13NO2. The number of rotatable bonds is 4. The topological polar surface area (TPSA) is 40.5 Å². The quantitative estimate of drug-likeness (QED) is 0.759. The normalized spacial score (nSPS) is 9.33. The number of benzene rings is 1. The molecule has 1 aromatic carbocycles. The van der Waals surface area contributed by atoms with E-state index < -0.39 is 5.97 Å². The van der Waals surface area contributed by atoms with Crippen LogP contribution in [0.1, 0.15) is 16.8 Å². The summed E-state index contributed by atoms with van der Waals surface area (Å²) < 4.78 is 0. The third-order valence-corrected chi connectivity index (χ3v) is 2.15. The fourth-order valence-electron chi connectivity index (χ4n) is 1.22. The number of carbonyl (C=O) groups is 1. The van der Waals surface area contributed by atoms with Crippen molar-refractivity contribution in [3.63, 3.8) is 0 Å². The molecule has 0 spiro atoms. The van der Waals surface area contributed by atoms with Crippen LogP contribution in [-0.2, 0) is 0 Å². The minimum absolute atomic E-state index is 0.295. The predicted octanol–water partition coefficient (Wildman–Crippen LogP) is 1.84. The predicted molar refractivity (Wildman–Crippen MR) is 60.1 cm³/mol. The van der Waals surface area contributed by atoms with Crippen LogP contribution in [0.2, 0.25) is 0 Å². The lowest BCUT2D eigenvalue weighted by atomic mass is 10.2. The number of carboxylic acid groups (broad SMARTS) is 1. The maximum absolute atomic E-state index is 10.6. The van der Waals surface area contributed by atoms with Crippen molar-refractivity contribution in [2.45, 2.75) is 6.42 Å². The van der Waals surface area contributed by atoms with Gasteiger partial charge >= 0.3 is 5.97 Å². The standard InChI is InChI=1S/C12H13NO2/c1-3-4-9-13(2)11-7-5-10(6-8-11)12(14)15/h1,5-8H,4,9H2,2H3,(H,14,15). The molecule has 0 amide bonds. The van der Waals surface area contributed by atoms with Crippen LogP contribution in [0.5, 0.6) is 0 Å². The van der Waals surface area contributed by atoms with E-state index >= 15 is 0 Å². The largest absolute Gasteiger partial charge is 0.478 e. The van der Waals surface area contributed by atoms with E-state index in [9.17, 15) is 4.79 Å². The van der Waals surface area contributed by atoms with Gasteiger partial charge < -0.3 is 10.0 Å². The fraction of sp³-hybridized carbons (Fsp3) is 0.250. The molecule has 1 aromatic rings. The summed E-state index contributed by atoms with van der Waals surface area (Å²) >= 11 is 0. The molecule has 1 N–H and O–H groups in total. The average Bonchev–Trinajstić information content (AvgIpc) is 2.26. The van der Waals surface area contributed by atoms with Crippen LogP contribution in [0.25, 0.3) is 0 Å². The van der Waals surface area contributed by atoms with Gasteiger partial charge in [-0.3, -0.25) is 0 Å². The van der Waals surface area contributed by atoms with Crippen LogP contribution in [0.3, 0.4) is 0 Å². The highest BCUT2D eigenvalue weighted by molar-refractivity contribution is 5.88. The molecule has 0 fully saturated rings. The zero-order valence-electron chi connectivity index (χ0n) is 8.60. The highest BCUT2D eigenvalue weighted by Crippen LogP contribution is 2.13. The zero-order chi connectivity index (χ0) is 11.3. The maximum atomic E-state index is 10.6. The summed E-state index contributed by atoms with van der Waals surface area (Å²) in [5.41, 5.74) is 1.26. The average molecular weight is 203 g/mol. The Morgan fingerprint density at radius 3 is 2.53 bits per heavy atom. The van der Waals surface area contributed by atoms with Gasteiger partial charge in [-0.15, -0.1) is 12.3 Å². The van der Waals surface area contributed by atoms with Gasteiger partial charge in [-0.1, -0.05) is 0 Å². The maximum Gasteiger partial charge on any atom is 0.335 e. The molecule has 1 rings (SSSR count). The molecule has 0 aliphatic carbocycles. The SMILES string of the molecule is C#CCCN(C)c1ccc(C(=O)O)cc1. The third kappa shape index (κ3) is 3.03. The Balaban J connectivity index is 2.71. The summed E-state index contributed by atoms with van der Waals surface area (Å²) in [4.78, 5) is 12.6. The van der Waals surface area contributed by atoms with Gasteiger partial charge in [0.05, 0.1) is 5.56 Å². The summed E-state index contributed by atoms with van der Waals surface area (Å²) in [7, 11) is 1.92. The minimum Gasteiger partial charge on any atom is -0.478 e. The Kier molecular flexibility index (Phi) is 3.75. The zero-order valence-corrected chi connectivity index (χ0v) is 8.60. The van der Waals surface area contributed by atoms with Crippen molar-refractivity contribution in [1.82, 2.24) is 0 Å². The second-order valence-corrected chi connectivity index (χ2v) is 3.23. The van der Waals surface area contributed by atoms with Gasteiger partial charge in [-0.05, 0) is 24.3 Å². The first-order valence-corrected chi connectivity index (χ1v) is 4.63. The van der Waals surface area contributed by atoms with Crippen LogP contribution in [0, 0.1) is 12.3 Å². The first-order chi connectivity index (χ1) is 7.15. The van der Waals surface area contributed by atoms with Crippen molar-refractivity contribution in [2.24, 2.45) is 0 Å². The van der Waals surface area contributed by atoms with Crippen LogP contribution >= 0.6 is 0 Å². The Morgan fingerprint density at radius 1 is 1.47 bits per heavy atom. The monoisotopic (exact) mass is 203 g/mol. The van der Waals surface area contributed by atoms with E-state index in [1.165, 1.54) is 0 Å². The van der Waals surface area contributed by atoms with Gasteiger partial charge in [0.2, 0.25) is 0 Å². The van der Waals surface area contributed by atoms with E-state index in [2.05, 4.69) is 5.92 Å². The van der Waals surface area contributed by atoms with Crippen LogP contribution in [-0.4, -0.2) is 24.7 Å². The highest BCUT2D eigenvalue weighted by Gasteiger charge is 2.03. The van der Waals surface area contributed by atoms with Crippen molar-refractivity contribution in [3.05, 3.63) is 29.8 Å². The lowest BCUT2D eigenvalue weighted by Crippen LogP contribution is -2.17. The van der Waals surface area contributed by atoms with E-state index in [1.54, 1.807) is 24.3 Å². The number of terminal acetylenes is 1. The molecule has 0 aromatic heterocycles. The number of hydrogen-bond acceptors (Lipinski definition) is 2. The third-order valence-electron chi connectivity index (χ3n) is 2.15. The number of anilines is 1. The number of aromatic carboxylic acids is 1. The van der Waals surface area contributed by atoms with Crippen molar-refractivity contribution in [2.75, 3.05) is 18.5 Å². The molecule has 0 atom stereocenters. The molecule has 0 aliphatic rings. The van der Waals surface area contributed by atoms with Crippen LogP contribution < -0.4 is 4.90 Å². The Labute approximate surface area is 89.3 Å². The summed E-state index contributed by atoms with van der Waals surface area (Å²) in [6.45, 7) is 0.767. The lowest BCUT2D eigenvalue weighted by molar-refractivity contribution is 0.0697. The van der Waals surface area contributed by atoms with Gasteiger partial charge in [0.15, 0.2) is 0 Å². The fourth-order valence-corrected chi connectivity index (χ4v) is 1.22.